The van der Waals surface area contributed by atoms with Crippen LogP contribution < -0.4 is 5.73 Å². The highest BCUT2D eigenvalue weighted by molar-refractivity contribution is 7.47. The maximum atomic E-state index is 12.7. The Morgan fingerprint density at radius 3 is 0.897 bits per heavy atom. The largest absolute Gasteiger partial charge is 0.472 e. The van der Waals surface area contributed by atoms with E-state index in [9.17, 15) is 19.0 Å². The van der Waals surface area contributed by atoms with E-state index in [1.54, 1.807) is 0 Å². The second-order valence-electron chi connectivity index (χ2n) is 20.6. The molecule has 2 unspecified atom stereocenters. The van der Waals surface area contributed by atoms with Crippen LogP contribution in [0.1, 0.15) is 328 Å². The first-order valence-corrected chi connectivity index (χ1v) is 31.5. The Labute approximate surface area is 422 Å². The monoisotopic (exact) mass is 986 g/mol. The zero-order valence-corrected chi connectivity index (χ0v) is 46.3. The van der Waals surface area contributed by atoms with Crippen LogP contribution in [0.3, 0.4) is 0 Å². The fourth-order valence-electron chi connectivity index (χ4n) is 9.29. The second kappa shape index (κ2) is 55.3. The second-order valence-corrected chi connectivity index (χ2v) is 22.0. The van der Waals surface area contributed by atoms with Crippen molar-refractivity contribution in [2.75, 3.05) is 26.4 Å². The minimum Gasteiger partial charge on any atom is -0.462 e. The van der Waals surface area contributed by atoms with Crippen molar-refractivity contribution in [2.45, 2.75) is 335 Å². The summed E-state index contributed by atoms with van der Waals surface area (Å²) in [5.41, 5.74) is 5.37. The fourth-order valence-corrected chi connectivity index (χ4v) is 10.1. The summed E-state index contributed by atoms with van der Waals surface area (Å²) in [7, 11) is -4.37. The van der Waals surface area contributed by atoms with Crippen LogP contribution in [-0.2, 0) is 32.7 Å². The number of carbonyl (C=O) groups is 2. The molecule has 0 aromatic rings. The van der Waals surface area contributed by atoms with Crippen LogP contribution >= 0.6 is 7.82 Å². The summed E-state index contributed by atoms with van der Waals surface area (Å²) in [5.74, 6) is -0.808. The van der Waals surface area contributed by atoms with Gasteiger partial charge in [0, 0.05) is 19.4 Å². The molecule has 0 saturated carbocycles. The topological polar surface area (TPSA) is 134 Å². The van der Waals surface area contributed by atoms with Gasteiger partial charge in [0.1, 0.15) is 6.61 Å². The molecule has 0 spiro atoms. The van der Waals surface area contributed by atoms with Gasteiger partial charge < -0.3 is 20.1 Å². The van der Waals surface area contributed by atoms with E-state index in [-0.39, 0.29) is 38.6 Å². The third-order valence-electron chi connectivity index (χ3n) is 13.7. The lowest BCUT2D eigenvalue weighted by molar-refractivity contribution is -0.161. The van der Waals surface area contributed by atoms with Crippen molar-refractivity contribution in [3.63, 3.8) is 0 Å². The first kappa shape index (κ1) is 67.0. The Kier molecular flexibility index (Phi) is 54.5. The summed E-state index contributed by atoms with van der Waals surface area (Å²) < 4.78 is 32.9. The maximum Gasteiger partial charge on any atom is 0.472 e. The molecule has 0 heterocycles. The number of rotatable bonds is 58. The number of nitrogens with two attached hydrogens (primary N) is 1. The summed E-state index contributed by atoms with van der Waals surface area (Å²) in [4.78, 5) is 35.0. The Balaban J connectivity index is 3.70. The van der Waals surface area contributed by atoms with Crippen LogP contribution in [0.25, 0.3) is 0 Å². The van der Waals surface area contributed by atoms with E-state index in [1.807, 2.05) is 0 Å². The van der Waals surface area contributed by atoms with Crippen molar-refractivity contribution in [3.05, 3.63) is 0 Å². The summed E-state index contributed by atoms with van der Waals surface area (Å²) in [6.45, 7) is 3.79. The average molecular weight is 987 g/mol. The quantitative estimate of drug-likeness (QED) is 0.0347. The van der Waals surface area contributed by atoms with Gasteiger partial charge in [-0.2, -0.15) is 0 Å². The van der Waals surface area contributed by atoms with Crippen molar-refractivity contribution < 1.29 is 37.6 Å². The predicted octanol–water partition coefficient (Wildman–Crippen LogP) is 18.7. The molecule has 9 nitrogen and oxygen atoms in total. The van der Waals surface area contributed by atoms with E-state index in [0.717, 1.165) is 32.1 Å². The number of phosphoric ester groups is 1. The van der Waals surface area contributed by atoms with E-state index >= 15 is 0 Å². The van der Waals surface area contributed by atoms with E-state index in [0.29, 0.717) is 6.42 Å². The Morgan fingerprint density at radius 1 is 0.382 bits per heavy atom. The van der Waals surface area contributed by atoms with Gasteiger partial charge in [0.2, 0.25) is 0 Å². The number of esters is 2. The molecular weight excluding hydrogens is 870 g/mol. The van der Waals surface area contributed by atoms with Crippen LogP contribution in [0.2, 0.25) is 0 Å². The predicted molar refractivity (Wildman–Crippen MR) is 289 cm³/mol. The molecule has 0 aliphatic rings. The number of phosphoric acid groups is 1. The highest BCUT2D eigenvalue weighted by atomic mass is 31.2. The summed E-state index contributed by atoms with van der Waals surface area (Å²) in [6.07, 6.45) is 62.1. The van der Waals surface area contributed by atoms with Crippen LogP contribution in [0.5, 0.6) is 0 Å². The molecule has 68 heavy (non-hydrogen) atoms. The highest BCUT2D eigenvalue weighted by Crippen LogP contribution is 2.43. The molecule has 0 fully saturated rings. The number of carbonyl (C=O) groups excluding carboxylic acids is 2. The van der Waals surface area contributed by atoms with Gasteiger partial charge in [0.25, 0.3) is 0 Å². The third kappa shape index (κ3) is 54.3. The zero-order chi connectivity index (χ0) is 49.5. The Morgan fingerprint density at radius 2 is 0.632 bits per heavy atom. The van der Waals surface area contributed by atoms with Gasteiger partial charge in [0.05, 0.1) is 13.2 Å². The van der Waals surface area contributed by atoms with Crippen LogP contribution in [-0.4, -0.2) is 49.3 Å². The Hall–Kier alpha value is -0.990. The molecule has 0 aliphatic carbocycles. The van der Waals surface area contributed by atoms with Crippen LogP contribution in [0, 0.1) is 0 Å². The molecule has 0 aromatic carbocycles. The number of hydrogen-bond donors (Lipinski definition) is 2. The maximum absolute atomic E-state index is 12.7. The molecule has 0 bridgehead atoms. The normalized spacial score (nSPS) is 12.9. The lowest BCUT2D eigenvalue weighted by Crippen LogP contribution is -2.29. The smallest absolute Gasteiger partial charge is 0.462 e. The van der Waals surface area contributed by atoms with Gasteiger partial charge in [-0.25, -0.2) is 4.57 Å². The number of hydrogen-bond acceptors (Lipinski definition) is 8. The van der Waals surface area contributed by atoms with Gasteiger partial charge >= 0.3 is 19.8 Å². The van der Waals surface area contributed by atoms with Crippen molar-refractivity contribution in [2.24, 2.45) is 5.73 Å². The van der Waals surface area contributed by atoms with E-state index < -0.39 is 26.5 Å². The van der Waals surface area contributed by atoms with E-state index in [1.165, 1.54) is 263 Å². The molecule has 0 amide bonds. The van der Waals surface area contributed by atoms with Gasteiger partial charge in [-0.1, -0.05) is 303 Å². The summed E-state index contributed by atoms with van der Waals surface area (Å²) >= 11 is 0. The molecule has 2 atom stereocenters. The highest BCUT2D eigenvalue weighted by Gasteiger charge is 2.26. The van der Waals surface area contributed by atoms with E-state index in [2.05, 4.69) is 13.8 Å². The van der Waals surface area contributed by atoms with Crippen LogP contribution in [0.15, 0.2) is 0 Å². The molecule has 0 rings (SSSR count). The van der Waals surface area contributed by atoms with E-state index in [4.69, 9.17) is 24.3 Å². The first-order chi connectivity index (χ1) is 33.3. The standard InChI is InChI=1S/C58H116NO8P/c1-3-5-7-9-11-13-15-16-17-18-19-20-21-22-23-24-25-26-27-28-29-30-31-32-33-34-35-36-37-38-39-41-43-45-47-49-51-58(61)67-56(55-66-68(62,63)65-53-52-59)54-64-57(60)50-48-46-44-42-40-14-12-10-8-6-4-2/h56H,3-55,59H2,1-2H3,(H,62,63). The van der Waals surface area contributed by atoms with Gasteiger partial charge in [-0.15, -0.1) is 0 Å². The fraction of sp³-hybridized carbons (Fsp3) is 0.966. The zero-order valence-electron chi connectivity index (χ0n) is 45.4. The number of ether oxygens (including phenoxy) is 2. The molecule has 3 N–H and O–H groups in total. The van der Waals surface area contributed by atoms with Crippen LogP contribution in [0.4, 0.5) is 0 Å². The summed E-state index contributed by atoms with van der Waals surface area (Å²) in [5, 5.41) is 0. The molecule has 0 aromatic heterocycles. The van der Waals surface area contributed by atoms with Gasteiger partial charge in [-0.3, -0.25) is 18.6 Å². The lowest BCUT2D eigenvalue weighted by atomic mass is 10.0. The molecule has 0 aliphatic heterocycles. The lowest BCUT2D eigenvalue weighted by Gasteiger charge is -2.19. The number of unbranched alkanes of at least 4 members (excludes halogenated alkanes) is 45. The average Bonchev–Trinajstić information content (AvgIpc) is 3.33. The molecular formula is C58H116NO8P. The molecule has 406 valence electrons. The minimum absolute atomic E-state index is 0.0583. The summed E-state index contributed by atoms with van der Waals surface area (Å²) in [6, 6.07) is 0. The van der Waals surface area contributed by atoms with Gasteiger partial charge in [-0.05, 0) is 12.8 Å². The molecule has 0 radical (unpaired) electrons. The van der Waals surface area contributed by atoms with Gasteiger partial charge in [0.15, 0.2) is 6.10 Å². The van der Waals surface area contributed by atoms with Crippen molar-refractivity contribution in [1.82, 2.24) is 0 Å². The first-order valence-electron chi connectivity index (χ1n) is 30.0. The van der Waals surface area contributed by atoms with Crippen molar-refractivity contribution in [1.29, 1.82) is 0 Å². The Bertz CT molecular complexity index is 1080. The minimum atomic E-state index is -4.37. The molecule has 0 saturated heterocycles. The van der Waals surface area contributed by atoms with Crippen molar-refractivity contribution in [3.8, 4) is 0 Å². The molecule has 10 heteroatoms. The third-order valence-corrected chi connectivity index (χ3v) is 14.7. The SMILES string of the molecule is CCCCCCCCCCCCCCCCCCCCCCCCCCCCCCCCCCCCCCC(=O)OC(COC(=O)CCCCCCCCCCCCC)COP(=O)(O)OCCN. The van der Waals surface area contributed by atoms with Crippen molar-refractivity contribution >= 4 is 19.8 Å².